The molecule has 0 bridgehead atoms. The minimum absolute atomic E-state index is 0.730. The highest BCUT2D eigenvalue weighted by Gasteiger charge is 2.13. The van der Waals surface area contributed by atoms with Crippen molar-refractivity contribution in [3.63, 3.8) is 0 Å². The summed E-state index contributed by atoms with van der Waals surface area (Å²) in [5, 5.41) is 6.75. The topological polar surface area (TPSA) is 66.5 Å². The van der Waals surface area contributed by atoms with Crippen molar-refractivity contribution in [2.75, 3.05) is 11.9 Å². The molecule has 3 aromatic heterocycles. The average molecular weight is 448 g/mol. The molecular weight excluding hydrogens is 426 g/mol. The van der Waals surface area contributed by atoms with E-state index in [2.05, 4.69) is 79.2 Å². The van der Waals surface area contributed by atoms with Crippen molar-refractivity contribution in [3.05, 3.63) is 96.4 Å². The van der Waals surface area contributed by atoms with Crippen LogP contribution >= 0.6 is 11.3 Å². The molecule has 2 N–H and O–H groups in total. The molecule has 0 aliphatic heterocycles. The lowest BCUT2D eigenvalue weighted by Crippen LogP contribution is -2.07. The predicted octanol–water partition coefficient (Wildman–Crippen LogP) is 6.56. The number of anilines is 1. The third-order valence-corrected chi connectivity index (χ3v) is 6.65. The third kappa shape index (κ3) is 3.85. The number of hydrogen-bond acceptors (Lipinski definition) is 5. The Morgan fingerprint density at radius 3 is 2.39 bits per heavy atom. The Labute approximate surface area is 195 Å². The van der Waals surface area contributed by atoms with Crippen molar-refractivity contribution in [2.45, 2.75) is 6.42 Å². The maximum atomic E-state index is 4.67. The van der Waals surface area contributed by atoms with Crippen LogP contribution in [0.15, 0.2) is 90.6 Å². The van der Waals surface area contributed by atoms with Gasteiger partial charge in [-0.25, -0.2) is 15.0 Å². The summed E-state index contributed by atoms with van der Waals surface area (Å²) in [5.74, 6) is 1.83. The maximum absolute atomic E-state index is 4.67. The first-order valence-electron chi connectivity index (χ1n) is 10.9. The molecule has 6 heteroatoms. The van der Waals surface area contributed by atoms with Crippen LogP contribution in [0.1, 0.15) is 5.82 Å². The van der Waals surface area contributed by atoms with Crippen LogP contribution in [0.3, 0.4) is 0 Å². The monoisotopic (exact) mass is 447 g/mol. The minimum Gasteiger partial charge on any atom is -0.369 e. The molecule has 6 aromatic rings. The van der Waals surface area contributed by atoms with Gasteiger partial charge in [0.25, 0.3) is 0 Å². The molecule has 0 aliphatic carbocycles. The number of aromatic amines is 1. The number of para-hydroxylation sites is 2. The number of nitrogens with one attached hydrogen (secondary N) is 2. The van der Waals surface area contributed by atoms with Gasteiger partial charge in [-0.15, -0.1) is 11.3 Å². The first-order valence-corrected chi connectivity index (χ1v) is 11.8. The summed E-state index contributed by atoms with van der Waals surface area (Å²) >= 11 is 1.65. The molecule has 0 radical (unpaired) electrons. The highest BCUT2D eigenvalue weighted by molar-refractivity contribution is 7.17. The van der Waals surface area contributed by atoms with Gasteiger partial charge in [-0.3, -0.25) is 0 Å². The number of rotatable bonds is 6. The summed E-state index contributed by atoms with van der Waals surface area (Å²) in [6, 6.07) is 27.2. The Hall–Kier alpha value is -4.03. The number of nitrogens with zero attached hydrogens (tertiary/aromatic N) is 3. The van der Waals surface area contributed by atoms with E-state index in [4.69, 9.17) is 0 Å². The van der Waals surface area contributed by atoms with Crippen LogP contribution in [-0.2, 0) is 6.42 Å². The molecule has 160 valence electrons. The molecule has 5 nitrogen and oxygen atoms in total. The average Bonchev–Trinajstić information content (AvgIpc) is 3.49. The van der Waals surface area contributed by atoms with E-state index in [9.17, 15) is 0 Å². The number of imidazole rings is 1. The van der Waals surface area contributed by atoms with Crippen molar-refractivity contribution in [3.8, 4) is 22.3 Å². The van der Waals surface area contributed by atoms with Crippen LogP contribution in [-0.4, -0.2) is 26.5 Å². The highest BCUT2D eigenvalue weighted by atomic mass is 32.1. The number of fused-ring (bicyclic) bond motifs is 2. The Bertz CT molecular complexity index is 1500. The Morgan fingerprint density at radius 2 is 1.55 bits per heavy atom. The molecule has 0 saturated carbocycles. The minimum atomic E-state index is 0.730. The number of hydrogen-bond donors (Lipinski definition) is 2. The predicted molar refractivity (Wildman–Crippen MR) is 137 cm³/mol. The first-order chi connectivity index (χ1) is 16.3. The van der Waals surface area contributed by atoms with Crippen molar-refractivity contribution in [1.82, 2.24) is 19.9 Å². The normalized spacial score (nSPS) is 11.3. The molecular formula is C27H21N5S. The van der Waals surface area contributed by atoms with E-state index in [1.165, 1.54) is 11.1 Å². The summed E-state index contributed by atoms with van der Waals surface area (Å²) in [7, 11) is 0. The van der Waals surface area contributed by atoms with Crippen LogP contribution in [0.4, 0.5) is 5.82 Å². The second kappa shape index (κ2) is 8.48. The second-order valence-corrected chi connectivity index (χ2v) is 8.73. The van der Waals surface area contributed by atoms with E-state index in [0.29, 0.717) is 0 Å². The molecule has 6 rings (SSSR count). The SMILES string of the molecule is c1ccc(-c2ccc(-c3csc4ncnc(NCCc5nc6ccccc6[nH]5)c34)cc2)cc1. The fourth-order valence-electron chi connectivity index (χ4n) is 4.12. The lowest BCUT2D eigenvalue weighted by atomic mass is 10.0. The van der Waals surface area contributed by atoms with E-state index >= 15 is 0 Å². The van der Waals surface area contributed by atoms with E-state index < -0.39 is 0 Å². The zero-order valence-corrected chi connectivity index (χ0v) is 18.6. The zero-order chi connectivity index (χ0) is 22.0. The van der Waals surface area contributed by atoms with Gasteiger partial charge in [-0.05, 0) is 28.8 Å². The van der Waals surface area contributed by atoms with Gasteiger partial charge in [0.2, 0.25) is 0 Å². The Kier molecular flexibility index (Phi) is 5.05. The molecule has 3 aromatic carbocycles. The molecule has 0 fully saturated rings. The molecule has 3 heterocycles. The van der Waals surface area contributed by atoms with Crippen molar-refractivity contribution >= 4 is 38.4 Å². The first kappa shape index (κ1) is 19.6. The number of H-pyrrole nitrogens is 1. The van der Waals surface area contributed by atoms with Gasteiger partial charge in [0.05, 0.1) is 16.4 Å². The molecule has 33 heavy (non-hydrogen) atoms. The van der Waals surface area contributed by atoms with Crippen LogP contribution < -0.4 is 5.32 Å². The summed E-state index contributed by atoms with van der Waals surface area (Å²) in [4.78, 5) is 18.1. The van der Waals surface area contributed by atoms with Crippen molar-refractivity contribution in [2.24, 2.45) is 0 Å². The third-order valence-electron chi connectivity index (χ3n) is 5.77. The van der Waals surface area contributed by atoms with E-state index in [0.717, 1.165) is 57.0 Å². The van der Waals surface area contributed by atoms with Gasteiger partial charge in [0, 0.05) is 23.9 Å². The van der Waals surface area contributed by atoms with Gasteiger partial charge in [-0.1, -0.05) is 66.7 Å². The van der Waals surface area contributed by atoms with E-state index in [1.54, 1.807) is 17.7 Å². The fourth-order valence-corrected chi connectivity index (χ4v) is 5.03. The zero-order valence-electron chi connectivity index (χ0n) is 17.8. The van der Waals surface area contributed by atoms with Crippen LogP contribution in [0.2, 0.25) is 0 Å². The molecule has 0 saturated heterocycles. The van der Waals surface area contributed by atoms with Gasteiger partial charge in [0.1, 0.15) is 22.8 Å². The number of benzene rings is 3. The lowest BCUT2D eigenvalue weighted by Gasteiger charge is -2.08. The second-order valence-electron chi connectivity index (χ2n) is 7.87. The Morgan fingerprint density at radius 1 is 0.788 bits per heavy atom. The lowest BCUT2D eigenvalue weighted by molar-refractivity contribution is 0.929. The Balaban J connectivity index is 1.25. The summed E-state index contributed by atoms with van der Waals surface area (Å²) in [5.41, 5.74) is 6.80. The molecule has 0 atom stereocenters. The molecule has 0 amide bonds. The van der Waals surface area contributed by atoms with Crippen molar-refractivity contribution < 1.29 is 0 Å². The quantitative estimate of drug-likeness (QED) is 0.304. The highest BCUT2D eigenvalue weighted by Crippen LogP contribution is 2.37. The summed E-state index contributed by atoms with van der Waals surface area (Å²) in [6.45, 7) is 0.730. The number of aromatic nitrogens is 4. The van der Waals surface area contributed by atoms with E-state index in [1.807, 2.05) is 30.3 Å². The number of thiophene rings is 1. The van der Waals surface area contributed by atoms with Crippen LogP contribution in [0, 0.1) is 0 Å². The van der Waals surface area contributed by atoms with E-state index in [-0.39, 0.29) is 0 Å². The van der Waals surface area contributed by atoms with Crippen LogP contribution in [0.5, 0.6) is 0 Å². The molecule has 0 spiro atoms. The van der Waals surface area contributed by atoms with Gasteiger partial charge in [0.15, 0.2) is 0 Å². The summed E-state index contributed by atoms with van der Waals surface area (Å²) in [6.07, 6.45) is 2.41. The maximum Gasteiger partial charge on any atom is 0.138 e. The smallest absolute Gasteiger partial charge is 0.138 e. The molecule has 0 unspecified atom stereocenters. The van der Waals surface area contributed by atoms with Gasteiger partial charge in [-0.2, -0.15) is 0 Å². The fraction of sp³-hybridized carbons (Fsp3) is 0.0741. The molecule has 0 aliphatic rings. The summed E-state index contributed by atoms with van der Waals surface area (Å²) < 4.78 is 0. The van der Waals surface area contributed by atoms with Crippen LogP contribution in [0.25, 0.3) is 43.5 Å². The standard InChI is InChI=1S/C27H21N5S/c1-2-6-18(7-3-1)19-10-12-20(13-11-19)21-16-33-27-25(21)26(29-17-30-27)28-15-14-24-31-22-8-4-5-9-23(22)32-24/h1-13,16-17H,14-15H2,(H,31,32)(H,28,29,30). The van der Waals surface area contributed by atoms with Crippen molar-refractivity contribution in [1.29, 1.82) is 0 Å². The van der Waals surface area contributed by atoms with Gasteiger partial charge >= 0.3 is 0 Å². The van der Waals surface area contributed by atoms with Gasteiger partial charge < -0.3 is 10.3 Å². The largest absolute Gasteiger partial charge is 0.369 e.